The van der Waals surface area contributed by atoms with Crippen LogP contribution < -0.4 is 5.32 Å². The Labute approximate surface area is 158 Å². The van der Waals surface area contributed by atoms with Crippen LogP contribution in [0.25, 0.3) is 0 Å². The van der Waals surface area contributed by atoms with E-state index in [4.69, 9.17) is 0 Å². The molecule has 5 amide bonds. The van der Waals surface area contributed by atoms with Gasteiger partial charge in [-0.05, 0) is 37.8 Å². The van der Waals surface area contributed by atoms with Gasteiger partial charge in [-0.15, -0.1) is 0 Å². The van der Waals surface area contributed by atoms with Gasteiger partial charge in [0.2, 0.25) is 11.8 Å². The van der Waals surface area contributed by atoms with Crippen LogP contribution in [0.4, 0.5) is 10.5 Å². The second kappa shape index (κ2) is 7.38. The lowest BCUT2D eigenvalue weighted by molar-refractivity contribution is -0.137. The summed E-state index contributed by atoms with van der Waals surface area (Å²) in [6.45, 7) is 3.85. The summed E-state index contributed by atoms with van der Waals surface area (Å²) in [5, 5.41) is 2.82. The molecule has 1 aromatic rings. The van der Waals surface area contributed by atoms with Crippen molar-refractivity contribution in [2.24, 2.45) is 0 Å². The molecule has 1 atom stereocenters. The first kappa shape index (κ1) is 18.9. The highest BCUT2D eigenvalue weighted by Gasteiger charge is 2.47. The van der Waals surface area contributed by atoms with Gasteiger partial charge in [0.1, 0.15) is 12.6 Å². The first-order valence-electron chi connectivity index (χ1n) is 9.01. The topological polar surface area (TPSA) is 90.0 Å². The van der Waals surface area contributed by atoms with Crippen LogP contribution in [-0.2, 0) is 14.4 Å². The van der Waals surface area contributed by atoms with Gasteiger partial charge in [0.15, 0.2) is 0 Å². The average molecular weight is 372 g/mol. The fraction of sp³-hybridized carbons (Fsp3) is 0.474. The zero-order valence-electron chi connectivity index (χ0n) is 15.8. The number of carbonyl (C=O) groups is 4. The lowest BCUT2D eigenvalue weighted by Crippen LogP contribution is -2.44. The Kier molecular flexibility index (Phi) is 5.16. The van der Waals surface area contributed by atoms with E-state index < -0.39 is 18.0 Å². The molecule has 8 nitrogen and oxygen atoms in total. The summed E-state index contributed by atoms with van der Waals surface area (Å²) in [6.07, 6.45) is 1.45. The molecule has 1 N–H and O–H groups in total. The molecule has 0 radical (unpaired) electrons. The third-order valence-electron chi connectivity index (χ3n) is 5.13. The summed E-state index contributed by atoms with van der Waals surface area (Å²) in [5.74, 6) is -1.10. The van der Waals surface area contributed by atoms with E-state index in [1.807, 2.05) is 32.0 Å². The van der Waals surface area contributed by atoms with Crippen LogP contribution >= 0.6 is 0 Å². The molecule has 0 aliphatic carbocycles. The lowest BCUT2D eigenvalue weighted by atomic mass is 10.1. The van der Waals surface area contributed by atoms with E-state index in [0.717, 1.165) is 28.1 Å². The van der Waals surface area contributed by atoms with Gasteiger partial charge in [0.25, 0.3) is 5.91 Å². The fourth-order valence-corrected chi connectivity index (χ4v) is 3.58. The minimum Gasteiger partial charge on any atom is -0.335 e. The zero-order valence-corrected chi connectivity index (χ0v) is 15.8. The summed E-state index contributed by atoms with van der Waals surface area (Å²) in [7, 11) is 1.48. The number of benzene rings is 1. The number of amides is 5. The number of imide groups is 1. The van der Waals surface area contributed by atoms with Crippen LogP contribution in [0.5, 0.6) is 0 Å². The maximum atomic E-state index is 12.4. The van der Waals surface area contributed by atoms with E-state index in [9.17, 15) is 19.2 Å². The number of hydrogen-bond donors (Lipinski definition) is 1. The molecular weight excluding hydrogens is 348 g/mol. The van der Waals surface area contributed by atoms with Crippen molar-refractivity contribution in [2.75, 3.05) is 32.0 Å². The van der Waals surface area contributed by atoms with E-state index in [-0.39, 0.29) is 24.9 Å². The average Bonchev–Trinajstić information content (AvgIpc) is 3.18. The Morgan fingerprint density at radius 3 is 2.52 bits per heavy atom. The molecule has 8 heteroatoms. The Morgan fingerprint density at radius 1 is 1.22 bits per heavy atom. The first-order chi connectivity index (χ1) is 12.8. The number of likely N-dealkylation sites (N-methyl/N-ethyl adjacent to an activating group) is 1. The SMILES string of the molecule is Cc1cccc(C)c1NC(=O)CN(C)C(=O)CN1C(=O)[C@H]2CCCN2C1=O. The van der Waals surface area contributed by atoms with E-state index in [0.29, 0.717) is 13.0 Å². The highest BCUT2D eigenvalue weighted by atomic mass is 16.2. The number of rotatable bonds is 5. The van der Waals surface area contributed by atoms with Crippen LogP contribution in [0.3, 0.4) is 0 Å². The van der Waals surface area contributed by atoms with Crippen molar-refractivity contribution >= 4 is 29.4 Å². The number of hydrogen-bond acceptors (Lipinski definition) is 4. The summed E-state index contributed by atoms with van der Waals surface area (Å²) in [4.78, 5) is 53.0. The molecule has 27 heavy (non-hydrogen) atoms. The Balaban J connectivity index is 1.57. The number of nitrogens with zero attached hydrogens (tertiary/aromatic N) is 3. The second-order valence-electron chi connectivity index (χ2n) is 7.12. The number of nitrogens with one attached hydrogen (secondary N) is 1. The predicted molar refractivity (Wildman–Crippen MR) is 99.0 cm³/mol. The van der Waals surface area contributed by atoms with Crippen LogP contribution in [0, 0.1) is 13.8 Å². The molecule has 1 aromatic carbocycles. The molecule has 2 aliphatic rings. The molecule has 2 saturated heterocycles. The second-order valence-corrected chi connectivity index (χ2v) is 7.12. The van der Waals surface area contributed by atoms with Crippen molar-refractivity contribution in [2.45, 2.75) is 32.7 Å². The predicted octanol–water partition coefficient (Wildman–Crippen LogP) is 1.13. The molecule has 2 heterocycles. The van der Waals surface area contributed by atoms with Gasteiger partial charge in [-0.25, -0.2) is 4.79 Å². The van der Waals surface area contributed by atoms with Gasteiger partial charge in [-0.2, -0.15) is 0 Å². The van der Waals surface area contributed by atoms with E-state index in [2.05, 4.69) is 5.32 Å². The minimum absolute atomic E-state index is 0.157. The van der Waals surface area contributed by atoms with Gasteiger partial charge in [0, 0.05) is 19.3 Å². The molecule has 2 aliphatic heterocycles. The van der Waals surface area contributed by atoms with Gasteiger partial charge in [-0.1, -0.05) is 18.2 Å². The quantitative estimate of drug-likeness (QED) is 0.785. The van der Waals surface area contributed by atoms with Gasteiger partial charge in [-0.3, -0.25) is 19.3 Å². The van der Waals surface area contributed by atoms with Crippen molar-refractivity contribution in [3.05, 3.63) is 29.3 Å². The largest absolute Gasteiger partial charge is 0.335 e. The van der Waals surface area contributed by atoms with Crippen molar-refractivity contribution in [1.29, 1.82) is 0 Å². The Hall–Kier alpha value is -2.90. The molecule has 0 saturated carbocycles. The van der Waals surface area contributed by atoms with Crippen LogP contribution in [-0.4, -0.2) is 71.2 Å². The van der Waals surface area contributed by atoms with Crippen LogP contribution in [0.1, 0.15) is 24.0 Å². The van der Waals surface area contributed by atoms with Crippen molar-refractivity contribution in [3.63, 3.8) is 0 Å². The summed E-state index contributed by atoms with van der Waals surface area (Å²) in [5.41, 5.74) is 2.60. The van der Waals surface area contributed by atoms with Crippen molar-refractivity contribution in [3.8, 4) is 0 Å². The summed E-state index contributed by atoms with van der Waals surface area (Å²) >= 11 is 0. The fourth-order valence-electron chi connectivity index (χ4n) is 3.58. The normalized spacial score (nSPS) is 18.7. The van der Waals surface area contributed by atoms with Crippen LogP contribution in [0.2, 0.25) is 0 Å². The van der Waals surface area contributed by atoms with Crippen molar-refractivity contribution in [1.82, 2.24) is 14.7 Å². The highest BCUT2D eigenvalue weighted by molar-refractivity contribution is 6.07. The third kappa shape index (κ3) is 3.65. The highest BCUT2D eigenvalue weighted by Crippen LogP contribution is 2.27. The van der Waals surface area contributed by atoms with Gasteiger partial charge < -0.3 is 15.1 Å². The summed E-state index contributed by atoms with van der Waals surface area (Å²) < 4.78 is 0. The van der Waals surface area contributed by atoms with Crippen LogP contribution in [0.15, 0.2) is 18.2 Å². The number of anilines is 1. The molecule has 0 bridgehead atoms. The maximum absolute atomic E-state index is 12.4. The molecular formula is C19H24N4O4. The number of para-hydroxylation sites is 1. The van der Waals surface area contributed by atoms with Gasteiger partial charge in [0.05, 0.1) is 6.54 Å². The lowest BCUT2D eigenvalue weighted by Gasteiger charge is -2.21. The smallest absolute Gasteiger partial charge is 0.327 e. The summed E-state index contributed by atoms with van der Waals surface area (Å²) in [6, 6.07) is 4.86. The molecule has 0 aromatic heterocycles. The van der Waals surface area contributed by atoms with E-state index in [1.165, 1.54) is 16.8 Å². The number of urea groups is 1. The van der Waals surface area contributed by atoms with Gasteiger partial charge >= 0.3 is 6.03 Å². The zero-order chi connectivity index (χ0) is 19.7. The van der Waals surface area contributed by atoms with E-state index >= 15 is 0 Å². The maximum Gasteiger partial charge on any atom is 0.327 e. The van der Waals surface area contributed by atoms with Crippen molar-refractivity contribution < 1.29 is 19.2 Å². The molecule has 0 spiro atoms. The van der Waals surface area contributed by atoms with E-state index in [1.54, 1.807) is 0 Å². The number of carbonyl (C=O) groups excluding carboxylic acids is 4. The molecule has 144 valence electrons. The first-order valence-corrected chi connectivity index (χ1v) is 9.01. The minimum atomic E-state index is -0.450. The third-order valence-corrected chi connectivity index (χ3v) is 5.13. The monoisotopic (exact) mass is 372 g/mol. The Bertz CT molecular complexity index is 765. The Morgan fingerprint density at radius 2 is 1.89 bits per heavy atom. The molecule has 3 rings (SSSR count). The number of fused-ring (bicyclic) bond motifs is 1. The number of aryl methyl sites for hydroxylation is 2. The molecule has 0 unspecified atom stereocenters. The molecule has 2 fully saturated rings. The standard InChI is InChI=1S/C19H24N4O4/c1-12-6-4-7-13(2)17(12)20-15(24)10-21(3)16(25)11-23-18(26)14-8-5-9-22(14)19(23)27/h4,6-7,14H,5,8-11H2,1-3H3,(H,20,24)/t14-/m1/s1.